The molecule has 0 saturated heterocycles. The van der Waals surface area contributed by atoms with E-state index in [1.807, 2.05) is 0 Å². The Hall–Kier alpha value is -3.87. The number of halogens is 1. The molecule has 0 aliphatic carbocycles. The third-order valence-corrected chi connectivity index (χ3v) is 4.52. The zero-order valence-corrected chi connectivity index (χ0v) is 13.9. The molecule has 2 rings (SSSR count). The first-order valence-electron chi connectivity index (χ1n) is 7.00. The standard InChI is InChI=1S/C17H10FN5O2S/c18-15-3-1-2-4-16(15)23-26(24,25)14-7-5-13(6-8-14)22-17(11-21)12(9-19)10-20/h1-8,22-23H. The molecule has 0 radical (unpaired) electrons. The van der Waals surface area contributed by atoms with Crippen LogP contribution in [0, 0.1) is 39.8 Å². The minimum atomic E-state index is -4.01. The molecule has 26 heavy (non-hydrogen) atoms. The molecule has 0 aliphatic rings. The van der Waals surface area contributed by atoms with Crippen molar-refractivity contribution in [1.82, 2.24) is 0 Å². The van der Waals surface area contributed by atoms with Crippen molar-refractivity contribution in [3.05, 3.63) is 65.6 Å². The summed E-state index contributed by atoms with van der Waals surface area (Å²) in [6, 6.07) is 15.4. The van der Waals surface area contributed by atoms with Gasteiger partial charge in [0, 0.05) is 5.69 Å². The predicted octanol–water partition coefficient (Wildman–Crippen LogP) is 2.86. The number of hydrogen-bond donors (Lipinski definition) is 2. The van der Waals surface area contributed by atoms with Crippen molar-refractivity contribution < 1.29 is 12.8 Å². The van der Waals surface area contributed by atoms with E-state index in [4.69, 9.17) is 15.8 Å². The van der Waals surface area contributed by atoms with Gasteiger partial charge >= 0.3 is 0 Å². The Morgan fingerprint density at radius 1 is 0.923 bits per heavy atom. The highest BCUT2D eigenvalue weighted by atomic mass is 32.2. The van der Waals surface area contributed by atoms with Crippen molar-refractivity contribution in [3.63, 3.8) is 0 Å². The van der Waals surface area contributed by atoms with Gasteiger partial charge in [0.25, 0.3) is 10.0 Å². The summed E-state index contributed by atoms with van der Waals surface area (Å²) < 4.78 is 40.3. The van der Waals surface area contributed by atoms with Crippen LogP contribution < -0.4 is 10.0 Å². The van der Waals surface area contributed by atoms with Crippen LogP contribution in [0.1, 0.15) is 0 Å². The Morgan fingerprint density at radius 2 is 1.54 bits per heavy atom. The van der Waals surface area contributed by atoms with Crippen molar-refractivity contribution in [3.8, 4) is 18.2 Å². The second-order valence-corrected chi connectivity index (χ2v) is 6.50. The van der Waals surface area contributed by atoms with Gasteiger partial charge in [-0.2, -0.15) is 15.8 Å². The fraction of sp³-hybridized carbons (Fsp3) is 0. The van der Waals surface area contributed by atoms with E-state index in [2.05, 4.69) is 10.0 Å². The lowest BCUT2D eigenvalue weighted by atomic mass is 10.2. The summed E-state index contributed by atoms with van der Waals surface area (Å²) in [7, 11) is -4.01. The van der Waals surface area contributed by atoms with E-state index in [1.165, 1.54) is 42.5 Å². The number of anilines is 2. The van der Waals surface area contributed by atoms with Crippen LogP contribution in [0.2, 0.25) is 0 Å². The number of nitrogens with one attached hydrogen (secondary N) is 2. The maximum atomic E-state index is 13.6. The molecule has 128 valence electrons. The van der Waals surface area contributed by atoms with Crippen LogP contribution in [0.5, 0.6) is 0 Å². The number of nitriles is 3. The maximum Gasteiger partial charge on any atom is 0.261 e. The highest BCUT2D eigenvalue weighted by molar-refractivity contribution is 7.92. The van der Waals surface area contributed by atoms with Crippen molar-refractivity contribution in [1.29, 1.82) is 15.8 Å². The number of hydrogen-bond acceptors (Lipinski definition) is 6. The minimum absolute atomic E-state index is 0.130. The quantitative estimate of drug-likeness (QED) is 0.782. The van der Waals surface area contributed by atoms with Gasteiger partial charge in [-0.1, -0.05) is 12.1 Å². The van der Waals surface area contributed by atoms with Crippen molar-refractivity contribution in [2.45, 2.75) is 4.90 Å². The smallest absolute Gasteiger partial charge is 0.261 e. The lowest BCUT2D eigenvalue weighted by molar-refractivity contribution is 0.598. The Morgan fingerprint density at radius 3 is 2.08 bits per heavy atom. The number of benzene rings is 2. The second-order valence-electron chi connectivity index (χ2n) is 4.82. The highest BCUT2D eigenvalue weighted by Crippen LogP contribution is 2.21. The van der Waals surface area contributed by atoms with Gasteiger partial charge in [0.1, 0.15) is 29.7 Å². The molecule has 7 nitrogen and oxygen atoms in total. The number of sulfonamides is 1. The Kier molecular flexibility index (Phi) is 5.54. The first-order valence-corrected chi connectivity index (χ1v) is 8.48. The van der Waals surface area contributed by atoms with E-state index in [9.17, 15) is 12.8 Å². The summed E-state index contributed by atoms with van der Waals surface area (Å²) >= 11 is 0. The first-order chi connectivity index (χ1) is 12.4. The molecule has 2 N–H and O–H groups in total. The van der Waals surface area contributed by atoms with E-state index >= 15 is 0 Å². The Labute approximate surface area is 149 Å². The number of allylic oxidation sites excluding steroid dienone is 2. The van der Waals surface area contributed by atoms with Crippen LogP contribution in [-0.4, -0.2) is 8.42 Å². The number of rotatable bonds is 5. The Balaban J connectivity index is 2.26. The van der Waals surface area contributed by atoms with Gasteiger partial charge in [-0.25, -0.2) is 12.8 Å². The van der Waals surface area contributed by atoms with Gasteiger partial charge in [-0.15, -0.1) is 0 Å². The van der Waals surface area contributed by atoms with Crippen LogP contribution in [0.15, 0.2) is 64.7 Å². The Bertz CT molecular complexity index is 1070. The highest BCUT2D eigenvalue weighted by Gasteiger charge is 2.16. The SMILES string of the molecule is N#CC(C#N)=C(C#N)Nc1ccc(S(=O)(=O)Nc2ccccc2F)cc1. The molecule has 0 aliphatic heterocycles. The monoisotopic (exact) mass is 367 g/mol. The third kappa shape index (κ3) is 4.15. The second kappa shape index (κ2) is 7.80. The maximum absolute atomic E-state index is 13.6. The zero-order chi connectivity index (χ0) is 19.2. The van der Waals surface area contributed by atoms with Gasteiger partial charge < -0.3 is 5.32 Å². The van der Waals surface area contributed by atoms with Gasteiger partial charge in [-0.3, -0.25) is 4.72 Å². The van der Waals surface area contributed by atoms with Crippen molar-refractivity contribution >= 4 is 21.4 Å². The lowest BCUT2D eigenvalue weighted by Gasteiger charge is -2.10. The molecular formula is C17H10FN5O2S. The topological polar surface area (TPSA) is 130 Å². The largest absolute Gasteiger partial charge is 0.345 e. The number of para-hydroxylation sites is 1. The van der Waals surface area contributed by atoms with E-state index in [0.29, 0.717) is 5.69 Å². The van der Waals surface area contributed by atoms with E-state index < -0.39 is 21.4 Å². The van der Waals surface area contributed by atoms with Crippen LogP contribution in [-0.2, 0) is 10.0 Å². The molecular weight excluding hydrogens is 357 g/mol. The molecule has 2 aromatic rings. The van der Waals surface area contributed by atoms with Crippen LogP contribution in [0.3, 0.4) is 0 Å². The zero-order valence-electron chi connectivity index (χ0n) is 13.1. The summed E-state index contributed by atoms with van der Waals surface area (Å²) in [6.45, 7) is 0. The molecule has 2 aromatic carbocycles. The van der Waals surface area contributed by atoms with Gasteiger partial charge in [0.05, 0.1) is 10.6 Å². The molecule has 0 atom stereocenters. The van der Waals surface area contributed by atoms with Gasteiger partial charge in [0.15, 0.2) is 5.57 Å². The summed E-state index contributed by atoms with van der Waals surface area (Å²) in [5.74, 6) is -0.710. The van der Waals surface area contributed by atoms with E-state index in [-0.39, 0.29) is 16.3 Å². The fourth-order valence-electron chi connectivity index (χ4n) is 1.89. The summed E-state index contributed by atoms with van der Waals surface area (Å²) in [5.41, 5.74) is -0.535. The third-order valence-electron chi connectivity index (χ3n) is 3.14. The normalized spacial score (nSPS) is 9.92. The predicted molar refractivity (Wildman–Crippen MR) is 91.1 cm³/mol. The summed E-state index contributed by atoms with van der Waals surface area (Å²) in [4.78, 5) is -0.130. The molecule has 0 heterocycles. The van der Waals surface area contributed by atoms with E-state index in [0.717, 1.165) is 6.07 Å². The molecule has 0 aromatic heterocycles. The average Bonchev–Trinajstić information content (AvgIpc) is 2.64. The molecule has 0 bridgehead atoms. The lowest BCUT2D eigenvalue weighted by Crippen LogP contribution is -2.14. The minimum Gasteiger partial charge on any atom is -0.345 e. The van der Waals surface area contributed by atoms with Crippen LogP contribution in [0.4, 0.5) is 15.8 Å². The molecule has 0 spiro atoms. The molecule has 9 heteroatoms. The molecule has 0 fully saturated rings. The van der Waals surface area contributed by atoms with Crippen molar-refractivity contribution in [2.75, 3.05) is 10.0 Å². The molecule has 0 amide bonds. The number of nitrogens with zero attached hydrogens (tertiary/aromatic N) is 3. The first kappa shape index (κ1) is 18.5. The molecule has 0 unspecified atom stereocenters. The van der Waals surface area contributed by atoms with Crippen LogP contribution in [0.25, 0.3) is 0 Å². The molecule has 0 saturated carbocycles. The average molecular weight is 367 g/mol. The van der Waals surface area contributed by atoms with Gasteiger partial charge in [-0.05, 0) is 36.4 Å². The summed E-state index contributed by atoms with van der Waals surface area (Å²) in [5, 5.41) is 29.1. The fourth-order valence-corrected chi connectivity index (χ4v) is 2.96. The van der Waals surface area contributed by atoms with E-state index in [1.54, 1.807) is 18.2 Å². The van der Waals surface area contributed by atoms with Gasteiger partial charge in [0.2, 0.25) is 0 Å². The van der Waals surface area contributed by atoms with Crippen molar-refractivity contribution in [2.24, 2.45) is 0 Å². The van der Waals surface area contributed by atoms with Crippen LogP contribution >= 0.6 is 0 Å². The summed E-state index contributed by atoms with van der Waals surface area (Å²) in [6.07, 6.45) is 0.